The lowest BCUT2D eigenvalue weighted by Gasteiger charge is -2.20. The summed E-state index contributed by atoms with van der Waals surface area (Å²) in [7, 11) is 3.36. The van der Waals surface area contributed by atoms with Crippen molar-refractivity contribution >= 4 is 28.5 Å². The van der Waals surface area contributed by atoms with Crippen molar-refractivity contribution in [3.63, 3.8) is 0 Å². The van der Waals surface area contributed by atoms with Gasteiger partial charge in [-0.15, -0.1) is 0 Å². The number of aromatic nitrogens is 2. The molecule has 1 fully saturated rings. The summed E-state index contributed by atoms with van der Waals surface area (Å²) in [5.41, 5.74) is 0. The Labute approximate surface area is 132 Å². The second-order valence-corrected chi connectivity index (χ2v) is 6.93. The summed E-state index contributed by atoms with van der Waals surface area (Å²) in [5.74, 6) is -0.581. The summed E-state index contributed by atoms with van der Waals surface area (Å²) in [4.78, 5) is 17.2. The van der Waals surface area contributed by atoms with Crippen molar-refractivity contribution in [2.75, 3.05) is 20.7 Å². The molecule has 1 aliphatic rings. The largest absolute Gasteiger partial charge is 0.463 e. The maximum Gasteiger partial charge on any atom is 0.294 e. The third kappa shape index (κ3) is 4.53. The molecule has 0 saturated carbocycles. The van der Waals surface area contributed by atoms with E-state index in [4.69, 9.17) is 14.2 Å². The highest BCUT2D eigenvalue weighted by molar-refractivity contribution is 8.13. The van der Waals surface area contributed by atoms with Gasteiger partial charge in [-0.2, -0.15) is 9.36 Å². The van der Waals surface area contributed by atoms with Crippen LogP contribution >= 0.6 is 23.3 Å². The van der Waals surface area contributed by atoms with Crippen molar-refractivity contribution in [1.82, 2.24) is 14.3 Å². The Bertz CT molecular complexity index is 506. The summed E-state index contributed by atoms with van der Waals surface area (Å²) in [5, 5.41) is 0.691. The zero-order valence-electron chi connectivity index (χ0n) is 12.7. The number of thioether (sulfide) groups is 1. The van der Waals surface area contributed by atoms with Crippen LogP contribution in [-0.4, -0.2) is 58.2 Å². The van der Waals surface area contributed by atoms with Crippen LogP contribution in [0.15, 0.2) is 5.16 Å². The van der Waals surface area contributed by atoms with E-state index in [1.54, 1.807) is 14.1 Å². The van der Waals surface area contributed by atoms with Gasteiger partial charge in [0.1, 0.15) is 12.2 Å². The highest BCUT2D eigenvalue weighted by Crippen LogP contribution is 2.28. The topological polar surface area (TPSA) is 73.8 Å². The molecule has 9 heteroatoms. The smallest absolute Gasteiger partial charge is 0.294 e. The quantitative estimate of drug-likeness (QED) is 0.782. The molecule has 1 aliphatic heterocycles. The highest BCUT2D eigenvalue weighted by atomic mass is 32.2. The van der Waals surface area contributed by atoms with Crippen LogP contribution in [0.1, 0.15) is 20.8 Å². The van der Waals surface area contributed by atoms with Gasteiger partial charge < -0.3 is 19.1 Å². The molecule has 0 spiro atoms. The molecular weight excluding hydrogens is 314 g/mol. The molecule has 7 nitrogen and oxygen atoms in total. The first-order valence-electron chi connectivity index (χ1n) is 6.48. The van der Waals surface area contributed by atoms with Crippen molar-refractivity contribution in [3.8, 4) is 5.19 Å². The first-order valence-corrected chi connectivity index (χ1v) is 8.07. The fourth-order valence-corrected chi connectivity index (χ4v) is 2.94. The first-order chi connectivity index (χ1) is 9.77. The first kappa shape index (κ1) is 16.5. The number of amides is 1. The molecule has 0 aliphatic carbocycles. The molecule has 1 saturated heterocycles. The standard InChI is InChI=1S/C12H19N3O4S2/c1-7(8-6-17-12(2,3)19-8)18-10-13-9(14-21-10)20-11(16)15(4)5/h7-8H,6H2,1-5H3/t7?,8-/m1/s1. The van der Waals surface area contributed by atoms with Crippen molar-refractivity contribution in [1.29, 1.82) is 0 Å². The Balaban J connectivity index is 1.89. The van der Waals surface area contributed by atoms with Gasteiger partial charge in [0.05, 0.1) is 6.61 Å². The highest BCUT2D eigenvalue weighted by Gasteiger charge is 2.37. The van der Waals surface area contributed by atoms with E-state index >= 15 is 0 Å². The lowest BCUT2D eigenvalue weighted by molar-refractivity contribution is -0.147. The molecule has 0 radical (unpaired) electrons. The van der Waals surface area contributed by atoms with E-state index in [-0.39, 0.29) is 17.4 Å². The number of ether oxygens (including phenoxy) is 3. The zero-order chi connectivity index (χ0) is 15.6. The van der Waals surface area contributed by atoms with Crippen LogP contribution in [0.25, 0.3) is 0 Å². The maximum atomic E-state index is 11.6. The fourth-order valence-electron chi connectivity index (χ4n) is 1.64. The molecule has 1 aromatic rings. The average molecular weight is 333 g/mol. The molecule has 1 aromatic heterocycles. The number of hydrogen-bond acceptors (Lipinski definition) is 8. The maximum absolute atomic E-state index is 11.6. The van der Waals surface area contributed by atoms with Gasteiger partial charge in [-0.3, -0.25) is 4.79 Å². The van der Waals surface area contributed by atoms with Crippen LogP contribution in [-0.2, 0) is 9.47 Å². The minimum atomic E-state index is -0.581. The Morgan fingerprint density at radius 2 is 2.29 bits per heavy atom. The summed E-state index contributed by atoms with van der Waals surface area (Å²) in [6.07, 6.45) is -0.356. The predicted molar refractivity (Wildman–Crippen MR) is 79.8 cm³/mol. The molecule has 1 unspecified atom stereocenters. The number of carbonyl (C=O) groups is 1. The average Bonchev–Trinajstić information content (AvgIpc) is 2.95. The molecule has 2 heterocycles. The van der Waals surface area contributed by atoms with Crippen molar-refractivity contribution in [2.45, 2.75) is 43.9 Å². The molecule has 0 bridgehead atoms. The number of nitrogens with zero attached hydrogens (tertiary/aromatic N) is 3. The molecule has 0 aromatic carbocycles. The van der Waals surface area contributed by atoms with Gasteiger partial charge in [-0.25, -0.2) is 0 Å². The molecule has 0 N–H and O–H groups in total. The lowest BCUT2D eigenvalue weighted by atomic mass is 10.2. The minimum Gasteiger partial charge on any atom is -0.463 e. The summed E-state index contributed by atoms with van der Waals surface area (Å²) >= 11 is 2.09. The SMILES string of the molecule is CC(Oc1nc(SC(=O)N(C)C)ns1)[C@H]1COC(C)(C)O1. The third-order valence-electron chi connectivity index (χ3n) is 2.77. The van der Waals surface area contributed by atoms with Gasteiger partial charge in [-0.05, 0) is 20.8 Å². The van der Waals surface area contributed by atoms with E-state index in [1.807, 2.05) is 20.8 Å². The van der Waals surface area contributed by atoms with Gasteiger partial charge >= 0.3 is 0 Å². The molecule has 21 heavy (non-hydrogen) atoms. The lowest BCUT2D eigenvalue weighted by Crippen LogP contribution is -2.32. The van der Waals surface area contributed by atoms with Gasteiger partial charge in [0.15, 0.2) is 5.79 Å². The van der Waals surface area contributed by atoms with E-state index in [0.29, 0.717) is 17.0 Å². The molecule has 2 rings (SSSR count). The van der Waals surface area contributed by atoms with Gasteiger partial charge in [0.25, 0.3) is 10.4 Å². The Hall–Kier alpha value is -0.900. The minimum absolute atomic E-state index is 0.123. The Morgan fingerprint density at radius 1 is 1.57 bits per heavy atom. The van der Waals surface area contributed by atoms with Gasteiger partial charge in [0.2, 0.25) is 5.16 Å². The van der Waals surface area contributed by atoms with E-state index in [0.717, 1.165) is 23.3 Å². The van der Waals surface area contributed by atoms with Crippen molar-refractivity contribution in [3.05, 3.63) is 0 Å². The van der Waals surface area contributed by atoms with E-state index in [9.17, 15) is 4.79 Å². The molecule has 1 amide bonds. The van der Waals surface area contributed by atoms with Gasteiger partial charge in [0, 0.05) is 37.4 Å². The van der Waals surface area contributed by atoms with Crippen molar-refractivity contribution in [2.24, 2.45) is 0 Å². The molecular formula is C12H19N3O4S2. The van der Waals surface area contributed by atoms with Crippen LogP contribution < -0.4 is 4.74 Å². The predicted octanol–water partition coefficient (Wildman–Crippen LogP) is 2.23. The molecule has 118 valence electrons. The van der Waals surface area contributed by atoms with Crippen molar-refractivity contribution < 1.29 is 19.0 Å². The number of hydrogen-bond donors (Lipinski definition) is 0. The Kier molecular flexibility index (Phi) is 5.07. The third-order valence-corrected chi connectivity index (χ3v) is 4.40. The normalized spacial score (nSPS) is 22.0. The zero-order valence-corrected chi connectivity index (χ0v) is 14.3. The second kappa shape index (κ2) is 6.47. The van der Waals surface area contributed by atoms with E-state index in [2.05, 4.69) is 9.36 Å². The number of rotatable bonds is 4. The Morgan fingerprint density at radius 3 is 2.86 bits per heavy atom. The number of carbonyl (C=O) groups excluding carboxylic acids is 1. The summed E-state index contributed by atoms with van der Waals surface area (Å²) in [6.45, 7) is 6.11. The van der Waals surface area contributed by atoms with Crippen LogP contribution in [0.4, 0.5) is 4.79 Å². The van der Waals surface area contributed by atoms with Crippen LogP contribution in [0.5, 0.6) is 5.19 Å². The van der Waals surface area contributed by atoms with Crippen LogP contribution in [0, 0.1) is 0 Å². The van der Waals surface area contributed by atoms with Crippen LogP contribution in [0.3, 0.4) is 0 Å². The van der Waals surface area contributed by atoms with Gasteiger partial charge in [-0.1, -0.05) is 0 Å². The summed E-state index contributed by atoms with van der Waals surface area (Å²) in [6, 6.07) is 0. The van der Waals surface area contributed by atoms with Crippen LogP contribution in [0.2, 0.25) is 0 Å². The summed E-state index contributed by atoms with van der Waals surface area (Å²) < 4.78 is 21.0. The fraction of sp³-hybridized carbons (Fsp3) is 0.750. The van der Waals surface area contributed by atoms with E-state index < -0.39 is 5.79 Å². The monoisotopic (exact) mass is 333 g/mol. The molecule has 2 atom stereocenters. The second-order valence-electron chi connectivity index (χ2n) is 5.30. The van der Waals surface area contributed by atoms with E-state index in [1.165, 1.54) is 4.90 Å².